The molecule has 0 unspecified atom stereocenters. The maximum atomic E-state index is 13.1. The minimum atomic E-state index is -0.919. The highest BCUT2D eigenvalue weighted by Gasteiger charge is 2.49. The molecular formula is C16H18Cl2N4O2. The minimum Gasteiger partial charge on any atom is -0.395 e. The second-order valence-electron chi connectivity index (χ2n) is 6.33. The molecule has 1 aromatic rings. The molecule has 1 atom stereocenters. The summed E-state index contributed by atoms with van der Waals surface area (Å²) in [6.45, 7) is 0. The second kappa shape index (κ2) is 6.33. The first kappa shape index (κ1) is 17.2. The van der Waals surface area contributed by atoms with Crippen LogP contribution in [-0.4, -0.2) is 21.5 Å². The number of nitrogens with zero attached hydrogens (tertiary/aromatic N) is 2. The lowest BCUT2D eigenvalue weighted by molar-refractivity contribution is -0.143. The van der Waals surface area contributed by atoms with Crippen LogP contribution in [0.1, 0.15) is 50.8 Å². The summed E-state index contributed by atoms with van der Waals surface area (Å²) in [6, 6.07) is 0. The summed E-state index contributed by atoms with van der Waals surface area (Å²) < 4.78 is 0. The number of allylic oxidation sites excluding steroid dienone is 1. The molecule has 0 aromatic carbocycles. The van der Waals surface area contributed by atoms with E-state index in [2.05, 4.69) is 9.97 Å². The molecule has 4 N–H and O–H groups in total. The molecule has 24 heavy (non-hydrogen) atoms. The van der Waals surface area contributed by atoms with E-state index in [-0.39, 0.29) is 39.1 Å². The third-order valence-electron chi connectivity index (χ3n) is 4.95. The van der Waals surface area contributed by atoms with Crippen LogP contribution in [-0.2, 0) is 9.59 Å². The Kier molecular flexibility index (Phi) is 4.53. The van der Waals surface area contributed by atoms with Gasteiger partial charge in [-0.1, -0.05) is 29.6 Å². The van der Waals surface area contributed by atoms with Gasteiger partial charge in [0, 0.05) is 12.0 Å². The lowest BCUT2D eigenvalue weighted by Crippen LogP contribution is -2.45. The number of carbonyl (C=O) groups excluding carboxylic acids is 2. The molecule has 1 aromatic heterocycles. The summed E-state index contributed by atoms with van der Waals surface area (Å²) in [5.74, 6) is -0.0930. The fourth-order valence-corrected chi connectivity index (χ4v) is 3.99. The standard InChI is InChI=1S/C16H18Cl2N4O2/c17-13-11(20)14(18)22-15(21-13)10(19)8-4-3-7-16(12(8)24)6-2-1-5-9(16)23/h1-7,19-20H2/b10-8-/t16-/m1/s1. The molecule has 2 fully saturated rings. The lowest BCUT2D eigenvalue weighted by atomic mass is 9.62. The summed E-state index contributed by atoms with van der Waals surface area (Å²) in [6.07, 6.45) is 4.56. The normalized spacial score (nSPS) is 26.8. The molecule has 2 saturated carbocycles. The summed E-state index contributed by atoms with van der Waals surface area (Å²) in [7, 11) is 0. The number of halogens is 2. The van der Waals surface area contributed by atoms with Crippen LogP contribution in [0, 0.1) is 5.41 Å². The van der Waals surface area contributed by atoms with E-state index in [1.807, 2.05) is 0 Å². The molecule has 1 heterocycles. The first-order valence-electron chi connectivity index (χ1n) is 7.92. The number of anilines is 1. The van der Waals surface area contributed by atoms with E-state index < -0.39 is 5.41 Å². The number of hydrogen-bond donors (Lipinski definition) is 2. The first-order valence-corrected chi connectivity index (χ1v) is 8.68. The Balaban J connectivity index is 2.05. The zero-order valence-corrected chi connectivity index (χ0v) is 14.6. The predicted octanol–water partition coefficient (Wildman–Crippen LogP) is 2.92. The third kappa shape index (κ3) is 2.67. The van der Waals surface area contributed by atoms with Crippen molar-refractivity contribution in [1.82, 2.24) is 9.97 Å². The zero-order valence-electron chi connectivity index (χ0n) is 13.1. The lowest BCUT2D eigenvalue weighted by Gasteiger charge is -2.38. The molecule has 3 rings (SSSR count). The molecule has 0 bridgehead atoms. The van der Waals surface area contributed by atoms with E-state index in [1.54, 1.807) is 0 Å². The molecule has 2 aliphatic rings. The van der Waals surface area contributed by atoms with Gasteiger partial charge in [0.25, 0.3) is 0 Å². The van der Waals surface area contributed by atoms with E-state index in [0.29, 0.717) is 31.3 Å². The molecule has 0 saturated heterocycles. The summed E-state index contributed by atoms with van der Waals surface area (Å²) in [5, 5.41) is -0.0273. The monoisotopic (exact) mass is 368 g/mol. The van der Waals surface area contributed by atoms with Crippen molar-refractivity contribution >= 4 is 46.2 Å². The Morgan fingerprint density at radius 3 is 2.25 bits per heavy atom. The van der Waals surface area contributed by atoms with Gasteiger partial charge in [0.15, 0.2) is 21.9 Å². The second-order valence-corrected chi connectivity index (χ2v) is 7.05. The van der Waals surface area contributed by atoms with E-state index >= 15 is 0 Å². The molecule has 0 aliphatic heterocycles. The van der Waals surface area contributed by atoms with Gasteiger partial charge in [0.2, 0.25) is 0 Å². The van der Waals surface area contributed by atoms with Gasteiger partial charge in [-0.3, -0.25) is 9.59 Å². The third-order valence-corrected chi connectivity index (χ3v) is 5.53. The van der Waals surface area contributed by atoms with Crippen molar-refractivity contribution in [2.24, 2.45) is 11.1 Å². The number of nitrogen functional groups attached to an aromatic ring is 1. The van der Waals surface area contributed by atoms with Crippen LogP contribution < -0.4 is 11.5 Å². The fourth-order valence-electron chi connectivity index (χ4n) is 3.61. The molecule has 1 spiro atoms. The van der Waals surface area contributed by atoms with Crippen LogP contribution in [0.25, 0.3) is 5.70 Å². The van der Waals surface area contributed by atoms with E-state index in [1.165, 1.54) is 0 Å². The van der Waals surface area contributed by atoms with Crippen molar-refractivity contribution in [1.29, 1.82) is 0 Å². The molecule has 0 amide bonds. The van der Waals surface area contributed by atoms with E-state index in [4.69, 9.17) is 34.7 Å². The number of ketones is 2. The Morgan fingerprint density at radius 2 is 1.62 bits per heavy atom. The van der Waals surface area contributed by atoms with Crippen molar-refractivity contribution in [2.75, 3.05) is 5.73 Å². The Bertz CT molecular complexity index is 735. The van der Waals surface area contributed by atoms with Crippen LogP contribution in [0.4, 0.5) is 5.69 Å². The van der Waals surface area contributed by atoms with Crippen LogP contribution >= 0.6 is 23.2 Å². The molecule has 0 radical (unpaired) electrons. The van der Waals surface area contributed by atoms with Gasteiger partial charge in [0.1, 0.15) is 11.5 Å². The highest BCUT2D eigenvalue weighted by atomic mass is 35.5. The van der Waals surface area contributed by atoms with Gasteiger partial charge in [-0.25, -0.2) is 9.97 Å². The van der Waals surface area contributed by atoms with Crippen LogP contribution in [0.15, 0.2) is 5.57 Å². The Labute approximate surface area is 149 Å². The number of aromatic nitrogens is 2. The van der Waals surface area contributed by atoms with Gasteiger partial charge in [0.05, 0.1) is 11.1 Å². The zero-order chi connectivity index (χ0) is 17.5. The van der Waals surface area contributed by atoms with Gasteiger partial charge < -0.3 is 11.5 Å². The van der Waals surface area contributed by atoms with Gasteiger partial charge in [-0.15, -0.1) is 0 Å². The van der Waals surface area contributed by atoms with Gasteiger partial charge >= 0.3 is 0 Å². The largest absolute Gasteiger partial charge is 0.395 e. The van der Waals surface area contributed by atoms with Crippen molar-refractivity contribution in [3.8, 4) is 0 Å². The molecule has 8 heteroatoms. The van der Waals surface area contributed by atoms with Crippen molar-refractivity contribution in [3.05, 3.63) is 21.7 Å². The quantitative estimate of drug-likeness (QED) is 0.447. The van der Waals surface area contributed by atoms with Crippen molar-refractivity contribution in [2.45, 2.75) is 44.9 Å². The molecular weight excluding hydrogens is 351 g/mol. The topological polar surface area (TPSA) is 112 Å². The number of rotatable bonds is 1. The smallest absolute Gasteiger partial charge is 0.178 e. The molecule has 6 nitrogen and oxygen atoms in total. The maximum Gasteiger partial charge on any atom is 0.178 e. The summed E-state index contributed by atoms with van der Waals surface area (Å²) in [5.41, 5.74) is 11.4. The van der Waals surface area contributed by atoms with Crippen molar-refractivity contribution in [3.63, 3.8) is 0 Å². The Hall–Kier alpha value is -1.66. The number of nitrogens with two attached hydrogens (primary N) is 2. The Morgan fingerprint density at radius 1 is 1.00 bits per heavy atom. The fraction of sp³-hybridized carbons (Fsp3) is 0.500. The minimum absolute atomic E-state index is 0.0136. The SMILES string of the molecule is N/C(=C1/CCC[C@@]2(CCCCC2=O)C1=O)c1nc(Cl)c(N)c(Cl)n1. The van der Waals surface area contributed by atoms with Crippen molar-refractivity contribution < 1.29 is 9.59 Å². The summed E-state index contributed by atoms with van der Waals surface area (Å²) >= 11 is 11.9. The average molecular weight is 369 g/mol. The van der Waals surface area contributed by atoms with Crippen LogP contribution in [0.5, 0.6) is 0 Å². The number of carbonyl (C=O) groups is 2. The first-order chi connectivity index (χ1) is 11.4. The molecule has 128 valence electrons. The number of hydrogen-bond acceptors (Lipinski definition) is 6. The predicted molar refractivity (Wildman–Crippen MR) is 92.3 cm³/mol. The highest BCUT2D eigenvalue weighted by molar-refractivity contribution is 6.37. The molecule has 2 aliphatic carbocycles. The summed E-state index contributed by atoms with van der Waals surface area (Å²) in [4.78, 5) is 33.6. The average Bonchev–Trinajstić information content (AvgIpc) is 2.56. The van der Waals surface area contributed by atoms with Crippen LogP contribution in [0.2, 0.25) is 10.3 Å². The number of Topliss-reactive ketones (excluding diaryl/α,β-unsaturated/α-hetero) is 2. The van der Waals surface area contributed by atoms with E-state index in [0.717, 1.165) is 19.3 Å². The van der Waals surface area contributed by atoms with Gasteiger partial charge in [-0.05, 0) is 32.1 Å². The maximum absolute atomic E-state index is 13.1. The van der Waals surface area contributed by atoms with E-state index in [9.17, 15) is 9.59 Å². The van der Waals surface area contributed by atoms with Gasteiger partial charge in [-0.2, -0.15) is 0 Å². The van der Waals surface area contributed by atoms with Crippen LogP contribution in [0.3, 0.4) is 0 Å². The highest BCUT2D eigenvalue weighted by Crippen LogP contribution is 2.45.